The molecule has 0 aliphatic heterocycles. The van der Waals surface area contributed by atoms with Crippen molar-refractivity contribution < 1.29 is 19.4 Å². The van der Waals surface area contributed by atoms with E-state index in [4.69, 9.17) is 14.6 Å². The van der Waals surface area contributed by atoms with Crippen LogP contribution >= 0.6 is 0 Å². The molecule has 144 valence electrons. The molecule has 27 heavy (non-hydrogen) atoms. The molecule has 1 N–H and O–H groups in total. The molecule has 5 nitrogen and oxygen atoms in total. The molecule has 0 saturated heterocycles. The van der Waals surface area contributed by atoms with Crippen molar-refractivity contribution in [1.82, 2.24) is 4.98 Å². The van der Waals surface area contributed by atoms with Gasteiger partial charge >= 0.3 is 5.97 Å². The summed E-state index contributed by atoms with van der Waals surface area (Å²) in [5.41, 5.74) is 4.37. The molecule has 1 aliphatic carbocycles. The van der Waals surface area contributed by atoms with E-state index in [1.807, 2.05) is 31.2 Å². The highest BCUT2D eigenvalue weighted by molar-refractivity contribution is 5.68. The van der Waals surface area contributed by atoms with Gasteiger partial charge in [-0.05, 0) is 67.5 Å². The minimum absolute atomic E-state index is 0.135. The van der Waals surface area contributed by atoms with Gasteiger partial charge in [0, 0.05) is 12.1 Å². The Morgan fingerprint density at radius 1 is 1.22 bits per heavy atom. The van der Waals surface area contributed by atoms with Crippen molar-refractivity contribution in [3.8, 4) is 11.5 Å². The zero-order chi connectivity index (χ0) is 19.2. The van der Waals surface area contributed by atoms with Gasteiger partial charge in [0.15, 0.2) is 0 Å². The number of carbonyl (C=O) groups is 1. The summed E-state index contributed by atoms with van der Waals surface area (Å²) in [5, 5.41) is 9.01. The van der Waals surface area contributed by atoms with Crippen LogP contribution in [0.15, 0.2) is 30.3 Å². The van der Waals surface area contributed by atoms with Crippen molar-refractivity contribution in [3.05, 3.63) is 52.8 Å². The average molecular weight is 369 g/mol. The molecule has 1 atom stereocenters. The second-order valence-corrected chi connectivity index (χ2v) is 6.98. The molecule has 1 aromatic carbocycles. The predicted octanol–water partition coefficient (Wildman–Crippen LogP) is 4.30. The Kier molecular flexibility index (Phi) is 6.32. The molecular formula is C22H27NO4. The van der Waals surface area contributed by atoms with Crippen LogP contribution in [0.2, 0.25) is 0 Å². The molecule has 2 aromatic rings. The standard InChI is InChI=1S/C22H27NO4/c1-3-18-7-10-21(15(2)23-18)27-12-4-11-26-19-8-9-20-16(13-19)5-6-17(20)14-22(24)25/h7-10,13,17H,3-6,11-12,14H2,1-2H3,(H,24,25)/t17-/m0/s1. The van der Waals surface area contributed by atoms with Crippen LogP contribution in [0.1, 0.15) is 54.6 Å². The summed E-state index contributed by atoms with van der Waals surface area (Å²) in [4.78, 5) is 15.5. The summed E-state index contributed by atoms with van der Waals surface area (Å²) in [7, 11) is 0. The number of aromatic nitrogens is 1. The van der Waals surface area contributed by atoms with Gasteiger partial charge in [0.25, 0.3) is 0 Å². The maximum absolute atomic E-state index is 10.9. The summed E-state index contributed by atoms with van der Waals surface area (Å²) in [6.07, 6.45) is 3.75. The third kappa shape index (κ3) is 5.00. The number of ether oxygens (including phenoxy) is 2. The van der Waals surface area contributed by atoms with E-state index in [0.717, 1.165) is 54.1 Å². The molecule has 0 fully saturated rings. The smallest absolute Gasteiger partial charge is 0.303 e. The number of pyridine rings is 1. The number of aryl methyl sites for hydroxylation is 3. The van der Waals surface area contributed by atoms with Crippen molar-refractivity contribution >= 4 is 5.97 Å². The van der Waals surface area contributed by atoms with Gasteiger partial charge in [-0.1, -0.05) is 13.0 Å². The van der Waals surface area contributed by atoms with Crippen LogP contribution in [0.4, 0.5) is 0 Å². The SMILES string of the molecule is CCc1ccc(OCCCOc2ccc3c(c2)CC[C@H]3CC(=O)O)c(C)n1. The van der Waals surface area contributed by atoms with Gasteiger partial charge in [-0.15, -0.1) is 0 Å². The largest absolute Gasteiger partial charge is 0.493 e. The van der Waals surface area contributed by atoms with Crippen LogP contribution in [0.3, 0.4) is 0 Å². The van der Waals surface area contributed by atoms with E-state index in [9.17, 15) is 4.79 Å². The Morgan fingerprint density at radius 2 is 2.04 bits per heavy atom. The summed E-state index contributed by atoms with van der Waals surface area (Å²) in [5.74, 6) is 1.07. The second kappa shape index (κ2) is 8.89. The third-order valence-corrected chi connectivity index (χ3v) is 5.01. The molecule has 0 bridgehead atoms. The number of fused-ring (bicyclic) bond motifs is 1. The molecule has 0 unspecified atom stereocenters. The fraction of sp³-hybridized carbons (Fsp3) is 0.455. The van der Waals surface area contributed by atoms with Crippen LogP contribution in [0.25, 0.3) is 0 Å². The zero-order valence-electron chi connectivity index (χ0n) is 16.0. The fourth-order valence-corrected chi connectivity index (χ4v) is 3.58. The van der Waals surface area contributed by atoms with Crippen LogP contribution in [-0.4, -0.2) is 29.3 Å². The van der Waals surface area contributed by atoms with Gasteiger partial charge < -0.3 is 14.6 Å². The number of rotatable bonds is 9. The minimum atomic E-state index is -0.733. The van der Waals surface area contributed by atoms with Crippen LogP contribution < -0.4 is 9.47 Å². The Morgan fingerprint density at radius 3 is 2.78 bits per heavy atom. The number of carboxylic acid groups (broad SMARTS) is 1. The maximum Gasteiger partial charge on any atom is 0.303 e. The topological polar surface area (TPSA) is 68.7 Å². The maximum atomic E-state index is 10.9. The Balaban J connectivity index is 1.44. The monoisotopic (exact) mass is 369 g/mol. The number of hydrogen-bond donors (Lipinski definition) is 1. The van der Waals surface area contributed by atoms with Crippen molar-refractivity contribution in [3.63, 3.8) is 0 Å². The van der Waals surface area contributed by atoms with E-state index in [1.165, 1.54) is 5.56 Å². The average Bonchev–Trinajstić information content (AvgIpc) is 3.04. The van der Waals surface area contributed by atoms with Crippen molar-refractivity contribution in [2.24, 2.45) is 0 Å². The lowest BCUT2D eigenvalue weighted by Gasteiger charge is -2.12. The van der Waals surface area contributed by atoms with Gasteiger partial charge in [-0.3, -0.25) is 9.78 Å². The molecular weight excluding hydrogens is 342 g/mol. The van der Waals surface area contributed by atoms with E-state index in [1.54, 1.807) is 0 Å². The number of carboxylic acids is 1. The normalized spacial score (nSPS) is 15.4. The number of aliphatic carboxylic acids is 1. The first-order valence-corrected chi connectivity index (χ1v) is 9.63. The van der Waals surface area contributed by atoms with E-state index in [-0.39, 0.29) is 12.3 Å². The minimum Gasteiger partial charge on any atom is -0.493 e. The number of benzene rings is 1. The first kappa shape index (κ1) is 19.2. The molecule has 3 rings (SSSR count). The molecule has 0 spiro atoms. The molecule has 0 amide bonds. The highest BCUT2D eigenvalue weighted by Crippen LogP contribution is 2.37. The van der Waals surface area contributed by atoms with Gasteiger partial charge in [-0.2, -0.15) is 0 Å². The highest BCUT2D eigenvalue weighted by atomic mass is 16.5. The molecule has 5 heteroatoms. The Labute approximate surface area is 160 Å². The van der Waals surface area contributed by atoms with Gasteiger partial charge in [-0.25, -0.2) is 0 Å². The summed E-state index contributed by atoms with van der Waals surface area (Å²) in [6, 6.07) is 10.00. The first-order chi connectivity index (χ1) is 13.1. The molecule has 1 aromatic heterocycles. The van der Waals surface area contributed by atoms with Gasteiger partial charge in [0.1, 0.15) is 11.5 Å². The zero-order valence-corrected chi connectivity index (χ0v) is 16.0. The summed E-state index contributed by atoms with van der Waals surface area (Å²) < 4.78 is 11.6. The highest BCUT2D eigenvalue weighted by Gasteiger charge is 2.24. The summed E-state index contributed by atoms with van der Waals surface area (Å²) in [6.45, 7) is 5.22. The van der Waals surface area contributed by atoms with Crippen LogP contribution in [0.5, 0.6) is 11.5 Å². The van der Waals surface area contributed by atoms with E-state index in [2.05, 4.69) is 18.0 Å². The third-order valence-electron chi connectivity index (χ3n) is 5.01. The molecule has 1 heterocycles. The lowest BCUT2D eigenvalue weighted by atomic mass is 9.98. The fourth-order valence-electron chi connectivity index (χ4n) is 3.58. The van der Waals surface area contributed by atoms with E-state index in [0.29, 0.717) is 13.2 Å². The van der Waals surface area contributed by atoms with E-state index < -0.39 is 5.97 Å². The second-order valence-electron chi connectivity index (χ2n) is 6.98. The van der Waals surface area contributed by atoms with Crippen molar-refractivity contribution in [2.45, 2.75) is 51.9 Å². The molecule has 0 saturated carbocycles. The quantitative estimate of drug-likeness (QED) is 0.667. The first-order valence-electron chi connectivity index (χ1n) is 9.63. The van der Waals surface area contributed by atoms with Crippen molar-refractivity contribution in [2.75, 3.05) is 13.2 Å². The lowest BCUT2D eigenvalue weighted by Crippen LogP contribution is -2.07. The number of nitrogens with zero attached hydrogens (tertiary/aromatic N) is 1. The van der Waals surface area contributed by atoms with Crippen LogP contribution in [0, 0.1) is 6.92 Å². The van der Waals surface area contributed by atoms with Crippen LogP contribution in [-0.2, 0) is 17.6 Å². The van der Waals surface area contributed by atoms with Gasteiger partial charge in [0.2, 0.25) is 0 Å². The summed E-state index contributed by atoms with van der Waals surface area (Å²) >= 11 is 0. The van der Waals surface area contributed by atoms with Gasteiger partial charge in [0.05, 0.1) is 25.3 Å². The predicted molar refractivity (Wildman–Crippen MR) is 104 cm³/mol. The molecule has 0 radical (unpaired) electrons. The lowest BCUT2D eigenvalue weighted by molar-refractivity contribution is -0.137. The number of hydrogen-bond acceptors (Lipinski definition) is 4. The van der Waals surface area contributed by atoms with Crippen molar-refractivity contribution in [1.29, 1.82) is 0 Å². The Bertz CT molecular complexity index is 803. The molecule has 1 aliphatic rings. The van der Waals surface area contributed by atoms with E-state index >= 15 is 0 Å². The Hall–Kier alpha value is -2.56.